The lowest BCUT2D eigenvalue weighted by molar-refractivity contribution is 0.0431. The molecule has 0 spiro atoms. The molecular formula is C23H27NO5. The maximum atomic E-state index is 12.7. The van der Waals surface area contributed by atoms with Crippen molar-refractivity contribution in [2.24, 2.45) is 0 Å². The van der Waals surface area contributed by atoms with Crippen LogP contribution in [0.3, 0.4) is 0 Å². The number of carbonyl (C=O) groups is 2. The van der Waals surface area contributed by atoms with Crippen LogP contribution in [0.1, 0.15) is 36.7 Å². The molecule has 0 aromatic heterocycles. The summed E-state index contributed by atoms with van der Waals surface area (Å²) in [6.07, 6.45) is 1.44. The minimum Gasteiger partial charge on any atom is -0.444 e. The van der Waals surface area contributed by atoms with Gasteiger partial charge < -0.3 is 19.5 Å². The number of rotatable bonds is 8. The Bertz CT molecular complexity index is 921. The van der Waals surface area contributed by atoms with E-state index in [0.29, 0.717) is 31.9 Å². The van der Waals surface area contributed by atoms with Gasteiger partial charge in [0.2, 0.25) is 0 Å². The molecule has 29 heavy (non-hydrogen) atoms. The third-order valence-electron chi connectivity index (χ3n) is 4.35. The van der Waals surface area contributed by atoms with E-state index >= 15 is 0 Å². The fourth-order valence-electron chi connectivity index (χ4n) is 3.15. The van der Waals surface area contributed by atoms with Crippen molar-refractivity contribution < 1.29 is 23.8 Å². The first-order valence-corrected chi connectivity index (χ1v) is 9.74. The highest BCUT2D eigenvalue weighted by Gasteiger charge is 2.21. The summed E-state index contributed by atoms with van der Waals surface area (Å²) in [5, 5.41) is 4.70. The molecule has 3 rings (SSSR count). The zero-order valence-electron chi connectivity index (χ0n) is 17.1. The van der Waals surface area contributed by atoms with Gasteiger partial charge in [0.05, 0.1) is 26.4 Å². The Morgan fingerprint density at radius 1 is 1.00 bits per heavy atom. The van der Waals surface area contributed by atoms with Crippen LogP contribution >= 0.6 is 0 Å². The van der Waals surface area contributed by atoms with Crippen molar-refractivity contribution in [1.82, 2.24) is 5.32 Å². The highest BCUT2D eigenvalue weighted by Crippen LogP contribution is 2.31. The largest absolute Gasteiger partial charge is 0.444 e. The number of carbonyl (C=O) groups excluding carboxylic acids is 2. The number of amides is 1. The van der Waals surface area contributed by atoms with Crippen molar-refractivity contribution in [2.45, 2.75) is 26.4 Å². The second-order valence-corrected chi connectivity index (χ2v) is 7.84. The van der Waals surface area contributed by atoms with E-state index in [-0.39, 0.29) is 12.4 Å². The van der Waals surface area contributed by atoms with Crippen LogP contribution in [-0.2, 0) is 14.2 Å². The number of ether oxygens (including phenoxy) is 3. The Balaban J connectivity index is 1.38. The molecule has 0 atom stereocenters. The summed E-state index contributed by atoms with van der Waals surface area (Å²) in [4.78, 5) is 24.2. The third kappa shape index (κ3) is 5.65. The first kappa shape index (κ1) is 21.0. The Morgan fingerprint density at radius 2 is 1.72 bits per heavy atom. The Hall–Kier alpha value is -2.70. The Morgan fingerprint density at radius 3 is 2.48 bits per heavy atom. The minimum absolute atomic E-state index is 0.0109. The van der Waals surface area contributed by atoms with Gasteiger partial charge in [-0.3, -0.25) is 4.79 Å². The third-order valence-corrected chi connectivity index (χ3v) is 4.35. The summed E-state index contributed by atoms with van der Waals surface area (Å²) >= 11 is 0. The first-order chi connectivity index (χ1) is 13.8. The lowest BCUT2D eigenvalue weighted by Crippen LogP contribution is -2.34. The smallest absolute Gasteiger partial charge is 0.407 e. The van der Waals surface area contributed by atoms with Crippen LogP contribution < -0.4 is 5.32 Å². The average Bonchev–Trinajstić information content (AvgIpc) is 2.66. The van der Waals surface area contributed by atoms with E-state index in [1.54, 1.807) is 0 Å². The number of hydrogen-bond donors (Lipinski definition) is 1. The number of hydrogen-bond acceptors (Lipinski definition) is 5. The number of alkyl carbamates (subject to hydrolysis) is 1. The second-order valence-electron chi connectivity index (χ2n) is 7.84. The standard InChI is InChI=1S/C23H27NO5/c1-23(2,3)29-22(26)24-10-11-27-12-13-28-15-18-14-17-8-4-6-16-7-5-9-19(20(16)17)21(18)25/h4-9,14H,10-13,15H2,1-3H3,(H,24,26). The fraction of sp³-hybridized carbons (Fsp3) is 0.391. The van der Waals surface area contributed by atoms with Gasteiger partial charge >= 0.3 is 6.09 Å². The summed E-state index contributed by atoms with van der Waals surface area (Å²) in [5.41, 5.74) is 1.89. The normalized spacial score (nSPS) is 13.3. The van der Waals surface area contributed by atoms with Gasteiger partial charge in [-0.15, -0.1) is 0 Å². The van der Waals surface area contributed by atoms with Gasteiger partial charge in [0, 0.05) is 23.1 Å². The fourth-order valence-corrected chi connectivity index (χ4v) is 3.15. The molecule has 1 aliphatic rings. The number of benzene rings is 2. The SMILES string of the molecule is CC(C)(C)OC(=O)NCCOCCOCC1=Cc2cccc3cccc(c23)C1=O. The molecule has 0 heterocycles. The highest BCUT2D eigenvalue weighted by molar-refractivity contribution is 6.22. The molecule has 1 aliphatic carbocycles. The second kappa shape index (κ2) is 9.20. The molecule has 6 nitrogen and oxygen atoms in total. The summed E-state index contributed by atoms with van der Waals surface area (Å²) in [6, 6.07) is 11.8. The number of Topliss-reactive ketones (excluding diaryl/α,β-unsaturated/α-hetero) is 1. The van der Waals surface area contributed by atoms with E-state index in [0.717, 1.165) is 21.9 Å². The number of ketones is 1. The monoisotopic (exact) mass is 397 g/mol. The van der Waals surface area contributed by atoms with Crippen molar-refractivity contribution in [3.05, 3.63) is 53.1 Å². The van der Waals surface area contributed by atoms with E-state index in [1.165, 1.54) is 0 Å². The molecule has 154 valence electrons. The predicted octanol–water partition coefficient (Wildman–Crippen LogP) is 3.98. The van der Waals surface area contributed by atoms with Gasteiger partial charge in [0.25, 0.3) is 0 Å². The molecule has 0 unspecified atom stereocenters. The summed E-state index contributed by atoms with van der Waals surface area (Å²) in [6.45, 7) is 7.14. The van der Waals surface area contributed by atoms with Crippen LogP contribution in [0.5, 0.6) is 0 Å². The van der Waals surface area contributed by atoms with Crippen molar-refractivity contribution in [3.8, 4) is 0 Å². The summed E-state index contributed by atoms with van der Waals surface area (Å²) < 4.78 is 16.2. The predicted molar refractivity (Wildman–Crippen MR) is 112 cm³/mol. The van der Waals surface area contributed by atoms with Crippen LogP contribution in [0.25, 0.3) is 16.8 Å². The number of nitrogens with one attached hydrogen (secondary N) is 1. The van der Waals surface area contributed by atoms with Crippen molar-refractivity contribution in [2.75, 3.05) is 33.0 Å². The maximum Gasteiger partial charge on any atom is 0.407 e. The quantitative estimate of drug-likeness (QED) is 0.682. The molecule has 2 aromatic rings. The molecule has 0 bridgehead atoms. The van der Waals surface area contributed by atoms with Crippen LogP contribution in [0.2, 0.25) is 0 Å². The average molecular weight is 397 g/mol. The molecule has 0 saturated heterocycles. The van der Waals surface area contributed by atoms with Crippen LogP contribution in [-0.4, -0.2) is 50.4 Å². The topological polar surface area (TPSA) is 73.9 Å². The molecule has 0 aliphatic heterocycles. The molecule has 1 N–H and O–H groups in total. The van der Waals surface area contributed by atoms with Crippen LogP contribution in [0.15, 0.2) is 42.0 Å². The molecule has 0 radical (unpaired) electrons. The van der Waals surface area contributed by atoms with Crippen molar-refractivity contribution in [1.29, 1.82) is 0 Å². The molecular weight excluding hydrogens is 370 g/mol. The maximum absolute atomic E-state index is 12.7. The summed E-state index contributed by atoms with van der Waals surface area (Å²) in [5.74, 6) is 0.0109. The zero-order chi connectivity index (χ0) is 20.9. The summed E-state index contributed by atoms with van der Waals surface area (Å²) in [7, 11) is 0. The van der Waals surface area contributed by atoms with E-state index in [4.69, 9.17) is 14.2 Å². The molecule has 0 fully saturated rings. The molecule has 6 heteroatoms. The van der Waals surface area contributed by atoms with Gasteiger partial charge in [-0.05, 0) is 37.8 Å². The van der Waals surface area contributed by atoms with E-state index in [1.807, 2.05) is 63.2 Å². The Kier molecular flexibility index (Phi) is 6.67. The Labute approximate surface area is 170 Å². The minimum atomic E-state index is -0.518. The van der Waals surface area contributed by atoms with E-state index < -0.39 is 11.7 Å². The van der Waals surface area contributed by atoms with Gasteiger partial charge in [-0.1, -0.05) is 36.4 Å². The van der Waals surface area contributed by atoms with Gasteiger partial charge in [0.15, 0.2) is 5.78 Å². The zero-order valence-corrected chi connectivity index (χ0v) is 17.1. The van der Waals surface area contributed by atoms with E-state index in [9.17, 15) is 9.59 Å². The van der Waals surface area contributed by atoms with Crippen molar-refractivity contribution >= 4 is 28.7 Å². The van der Waals surface area contributed by atoms with Crippen molar-refractivity contribution in [3.63, 3.8) is 0 Å². The van der Waals surface area contributed by atoms with Gasteiger partial charge in [-0.25, -0.2) is 4.79 Å². The molecule has 1 amide bonds. The molecule has 2 aromatic carbocycles. The van der Waals surface area contributed by atoms with Gasteiger partial charge in [-0.2, -0.15) is 0 Å². The first-order valence-electron chi connectivity index (χ1n) is 9.74. The van der Waals surface area contributed by atoms with Crippen LogP contribution in [0, 0.1) is 0 Å². The van der Waals surface area contributed by atoms with Crippen LogP contribution in [0.4, 0.5) is 4.79 Å². The lowest BCUT2D eigenvalue weighted by atomic mass is 9.88. The molecule has 0 saturated carbocycles. The highest BCUT2D eigenvalue weighted by atomic mass is 16.6. The lowest BCUT2D eigenvalue weighted by Gasteiger charge is -2.19. The van der Waals surface area contributed by atoms with Gasteiger partial charge in [0.1, 0.15) is 5.60 Å². The van der Waals surface area contributed by atoms with E-state index in [2.05, 4.69) is 5.32 Å².